The Labute approximate surface area is 318 Å². The number of para-hydroxylation sites is 2. The highest BCUT2D eigenvalue weighted by Gasteiger charge is 2.39. The van der Waals surface area contributed by atoms with Crippen LogP contribution in [0.3, 0.4) is 0 Å². The second-order valence-electron chi connectivity index (χ2n) is 16.9. The molecule has 0 radical (unpaired) electrons. The Morgan fingerprint density at radius 1 is 0.667 bits per heavy atom. The SMILES string of the molecule is CC(C)(C)c1ccnc(-n2c3ccccc3c3cc4c(cc32)N(c2cc(C3=N[C@@H]5CCCC[C@@H]5O3)cc(-c3ccccc3)c2)c2ccccc2C4(C)C)c1. The Morgan fingerprint density at radius 2 is 1.43 bits per heavy atom. The summed E-state index contributed by atoms with van der Waals surface area (Å²) < 4.78 is 9.03. The molecule has 0 saturated heterocycles. The van der Waals surface area contributed by atoms with Crippen LogP contribution in [0.2, 0.25) is 0 Å². The van der Waals surface area contributed by atoms with Crippen molar-refractivity contribution < 1.29 is 4.74 Å². The molecule has 5 nitrogen and oxygen atoms in total. The van der Waals surface area contributed by atoms with Crippen molar-refractivity contribution in [3.8, 4) is 16.9 Å². The maximum atomic E-state index is 6.67. The van der Waals surface area contributed by atoms with E-state index in [0.29, 0.717) is 0 Å². The van der Waals surface area contributed by atoms with Crippen molar-refractivity contribution >= 4 is 44.8 Å². The Kier molecular flexibility index (Phi) is 7.42. The highest BCUT2D eigenvalue weighted by Crippen LogP contribution is 2.54. The molecule has 10 rings (SSSR count). The number of nitrogens with zero attached hydrogens (tertiary/aromatic N) is 4. The number of aromatic nitrogens is 2. The van der Waals surface area contributed by atoms with Gasteiger partial charge in [0.25, 0.3) is 0 Å². The van der Waals surface area contributed by atoms with Gasteiger partial charge in [0.15, 0.2) is 0 Å². The molecule has 2 aromatic heterocycles. The zero-order valence-electron chi connectivity index (χ0n) is 31.8. The molecule has 0 spiro atoms. The fourth-order valence-electron chi connectivity index (χ4n) is 9.18. The number of rotatable bonds is 4. The van der Waals surface area contributed by atoms with Crippen LogP contribution >= 0.6 is 0 Å². The molecule has 0 unspecified atom stereocenters. The van der Waals surface area contributed by atoms with Gasteiger partial charge in [-0.05, 0) is 107 Å². The number of hydrogen-bond donors (Lipinski definition) is 0. The molecule has 0 N–H and O–H groups in total. The highest BCUT2D eigenvalue weighted by atomic mass is 16.5. The number of ether oxygens (including phenoxy) is 1. The summed E-state index contributed by atoms with van der Waals surface area (Å²) in [6.07, 6.45) is 6.73. The Balaban J connectivity index is 1.25. The maximum absolute atomic E-state index is 6.67. The fraction of sp³-hybridized carbons (Fsp3) is 0.265. The van der Waals surface area contributed by atoms with Gasteiger partial charge in [0.05, 0.1) is 28.5 Å². The molecular weight excluding hydrogens is 661 g/mol. The zero-order chi connectivity index (χ0) is 36.8. The lowest BCUT2D eigenvalue weighted by molar-refractivity contribution is 0.153. The van der Waals surface area contributed by atoms with E-state index in [4.69, 9.17) is 14.7 Å². The van der Waals surface area contributed by atoms with Crippen LogP contribution in [0.25, 0.3) is 38.8 Å². The lowest BCUT2D eigenvalue weighted by atomic mass is 9.73. The standard InChI is InChI=1S/C49H46N4O/c1-48(2,3)34-23-24-50-46(28-34)53-41-20-12-9-17-36(41)37-29-39-44(30-43(37)53)52(42-21-13-10-18-38(42)49(39,4)5)35-26-32(31-15-7-6-8-16-31)25-33(27-35)47-51-40-19-11-14-22-45(40)54-47/h6-10,12-13,15-18,20-21,23-30,40,45H,11,14,19,22H2,1-5H3/t40-,45+/m1/s1. The summed E-state index contributed by atoms with van der Waals surface area (Å²) in [6.45, 7) is 11.5. The average molecular weight is 707 g/mol. The molecule has 5 heteroatoms. The molecule has 54 heavy (non-hydrogen) atoms. The van der Waals surface area contributed by atoms with Crippen molar-refractivity contribution in [2.45, 2.75) is 83.3 Å². The van der Waals surface area contributed by atoms with Crippen LogP contribution in [0.1, 0.15) is 82.6 Å². The van der Waals surface area contributed by atoms with Crippen molar-refractivity contribution in [1.82, 2.24) is 9.55 Å². The summed E-state index contributed by atoms with van der Waals surface area (Å²) in [7, 11) is 0. The molecule has 0 bridgehead atoms. The average Bonchev–Trinajstić information content (AvgIpc) is 3.77. The van der Waals surface area contributed by atoms with Crippen LogP contribution < -0.4 is 4.90 Å². The van der Waals surface area contributed by atoms with Gasteiger partial charge in [-0.25, -0.2) is 9.98 Å². The topological polar surface area (TPSA) is 42.7 Å². The fourth-order valence-corrected chi connectivity index (χ4v) is 9.18. The molecule has 268 valence electrons. The van der Waals surface area contributed by atoms with Gasteiger partial charge in [0.1, 0.15) is 11.9 Å². The maximum Gasteiger partial charge on any atom is 0.216 e. The van der Waals surface area contributed by atoms with E-state index in [9.17, 15) is 0 Å². The minimum absolute atomic E-state index is 0.00721. The zero-order valence-corrected chi connectivity index (χ0v) is 31.8. The van der Waals surface area contributed by atoms with Crippen LogP contribution in [-0.2, 0) is 15.6 Å². The van der Waals surface area contributed by atoms with E-state index >= 15 is 0 Å². The van der Waals surface area contributed by atoms with Crippen LogP contribution in [0.4, 0.5) is 17.1 Å². The second-order valence-corrected chi connectivity index (χ2v) is 16.9. The summed E-state index contributed by atoms with van der Waals surface area (Å²) in [6, 6.07) is 44.8. The molecule has 2 aliphatic heterocycles. The monoisotopic (exact) mass is 706 g/mol. The minimum atomic E-state index is -0.252. The number of fused-ring (bicyclic) bond motifs is 6. The van der Waals surface area contributed by atoms with Crippen molar-refractivity contribution in [2.24, 2.45) is 4.99 Å². The number of hydrogen-bond acceptors (Lipinski definition) is 4. The van der Waals surface area contributed by atoms with Crippen LogP contribution in [0.15, 0.2) is 133 Å². The lowest BCUT2D eigenvalue weighted by Crippen LogP contribution is -2.30. The predicted molar refractivity (Wildman–Crippen MR) is 223 cm³/mol. The first kappa shape index (κ1) is 32.9. The van der Waals surface area contributed by atoms with Crippen molar-refractivity contribution in [3.63, 3.8) is 0 Å². The number of aliphatic imine (C=N–C) groups is 1. The quantitative estimate of drug-likeness (QED) is 0.183. The molecule has 0 amide bonds. The van der Waals surface area contributed by atoms with Crippen LogP contribution in [0, 0.1) is 0 Å². The summed E-state index contributed by atoms with van der Waals surface area (Å²) in [5.41, 5.74) is 12.7. The predicted octanol–water partition coefficient (Wildman–Crippen LogP) is 12.3. The van der Waals surface area contributed by atoms with E-state index in [0.717, 1.165) is 52.4 Å². The van der Waals surface area contributed by atoms with E-state index in [1.165, 1.54) is 57.2 Å². The van der Waals surface area contributed by atoms with Gasteiger partial charge >= 0.3 is 0 Å². The highest BCUT2D eigenvalue weighted by molar-refractivity contribution is 6.11. The molecule has 2 atom stereocenters. The molecule has 1 saturated carbocycles. The molecule has 5 aromatic carbocycles. The summed E-state index contributed by atoms with van der Waals surface area (Å²) in [5.74, 6) is 1.71. The molecule has 1 aliphatic carbocycles. The summed E-state index contributed by atoms with van der Waals surface area (Å²) >= 11 is 0. The van der Waals surface area contributed by atoms with E-state index in [-0.39, 0.29) is 23.0 Å². The first-order valence-electron chi connectivity index (χ1n) is 19.5. The van der Waals surface area contributed by atoms with Gasteiger partial charge in [0.2, 0.25) is 5.90 Å². The summed E-state index contributed by atoms with van der Waals surface area (Å²) in [4.78, 5) is 12.7. The Hall–Kier alpha value is -5.68. The van der Waals surface area contributed by atoms with E-state index < -0.39 is 0 Å². The van der Waals surface area contributed by atoms with Gasteiger partial charge in [-0.1, -0.05) is 108 Å². The normalized spacial score (nSPS) is 18.9. The molecule has 4 heterocycles. The Bertz CT molecular complexity index is 2630. The van der Waals surface area contributed by atoms with Gasteiger partial charge in [-0.15, -0.1) is 0 Å². The van der Waals surface area contributed by atoms with Gasteiger partial charge in [0, 0.05) is 33.6 Å². The molecule has 3 aliphatic rings. The first-order chi connectivity index (χ1) is 26.1. The van der Waals surface area contributed by atoms with Crippen molar-refractivity contribution in [3.05, 3.63) is 150 Å². The van der Waals surface area contributed by atoms with Crippen molar-refractivity contribution in [2.75, 3.05) is 4.90 Å². The number of anilines is 3. The van der Waals surface area contributed by atoms with E-state index in [2.05, 4.69) is 165 Å². The molecular formula is C49H46N4O. The second kappa shape index (κ2) is 12.2. The molecule has 7 aromatic rings. The Morgan fingerprint density at radius 3 is 2.26 bits per heavy atom. The number of pyridine rings is 1. The van der Waals surface area contributed by atoms with Gasteiger partial charge in [-0.3, -0.25) is 4.57 Å². The van der Waals surface area contributed by atoms with Crippen LogP contribution in [-0.4, -0.2) is 27.6 Å². The van der Waals surface area contributed by atoms with E-state index in [1.54, 1.807) is 0 Å². The summed E-state index contributed by atoms with van der Waals surface area (Å²) in [5, 5.41) is 2.46. The smallest absolute Gasteiger partial charge is 0.216 e. The molecule has 1 fully saturated rings. The first-order valence-corrected chi connectivity index (χ1v) is 19.5. The van der Waals surface area contributed by atoms with Crippen molar-refractivity contribution in [1.29, 1.82) is 0 Å². The lowest BCUT2D eigenvalue weighted by Gasteiger charge is -2.42. The van der Waals surface area contributed by atoms with Crippen LogP contribution in [0.5, 0.6) is 0 Å². The van der Waals surface area contributed by atoms with E-state index in [1.807, 2.05) is 6.20 Å². The third-order valence-electron chi connectivity index (χ3n) is 12.1. The number of benzene rings is 5. The largest absolute Gasteiger partial charge is 0.472 e. The third kappa shape index (κ3) is 5.20. The minimum Gasteiger partial charge on any atom is -0.472 e. The van der Waals surface area contributed by atoms with Gasteiger partial charge < -0.3 is 9.64 Å². The third-order valence-corrected chi connectivity index (χ3v) is 12.1. The van der Waals surface area contributed by atoms with Gasteiger partial charge in [-0.2, -0.15) is 0 Å².